The highest BCUT2D eigenvalue weighted by Crippen LogP contribution is 2.29. The molecule has 0 saturated heterocycles. The molecule has 0 radical (unpaired) electrons. The molecule has 5 heteroatoms. The Bertz CT molecular complexity index is 390. The Kier molecular flexibility index (Phi) is 3.04. The average molecular weight is 208 g/mol. The second-order valence-corrected chi connectivity index (χ2v) is 3.16. The fourth-order valence-electron chi connectivity index (χ4n) is 1.27. The molecule has 0 bridgehead atoms. The van der Waals surface area contributed by atoms with Gasteiger partial charge < -0.3 is 5.11 Å². The van der Waals surface area contributed by atoms with Gasteiger partial charge in [0.15, 0.2) is 5.78 Å². The standard InChI is InChI=1S/C10H11NO4/c1-3-7-4-8(6(2)12)10(13)9(5-7)11(14)15/h4-5,13H,3H2,1-2H3/p-1. The predicted octanol–water partition coefficient (Wildman–Crippen LogP) is 1.43. The smallest absolute Gasteiger partial charge is 0.262 e. The minimum atomic E-state index is -0.801. The molecule has 0 aromatic heterocycles. The summed E-state index contributed by atoms with van der Waals surface area (Å²) in [6.45, 7) is 3.02. The predicted molar refractivity (Wildman–Crippen MR) is 51.9 cm³/mol. The van der Waals surface area contributed by atoms with Crippen LogP contribution in [0.25, 0.3) is 0 Å². The SMILES string of the molecule is CCc1cc(C(C)=O)c([O-])c([N+](=O)[O-])c1. The lowest BCUT2D eigenvalue weighted by atomic mass is 10.0. The van der Waals surface area contributed by atoms with E-state index in [1.165, 1.54) is 19.1 Å². The highest BCUT2D eigenvalue weighted by atomic mass is 16.6. The highest BCUT2D eigenvalue weighted by Gasteiger charge is 2.14. The van der Waals surface area contributed by atoms with Crippen LogP contribution in [0.4, 0.5) is 5.69 Å². The van der Waals surface area contributed by atoms with Crippen LogP contribution in [0.15, 0.2) is 12.1 Å². The van der Waals surface area contributed by atoms with Crippen LogP contribution in [-0.2, 0) is 6.42 Å². The zero-order chi connectivity index (χ0) is 11.6. The molecule has 0 heterocycles. The molecule has 80 valence electrons. The van der Waals surface area contributed by atoms with Crippen molar-refractivity contribution in [2.24, 2.45) is 0 Å². The number of hydrogen-bond donors (Lipinski definition) is 0. The van der Waals surface area contributed by atoms with Crippen LogP contribution >= 0.6 is 0 Å². The summed E-state index contributed by atoms with van der Waals surface area (Å²) >= 11 is 0. The van der Waals surface area contributed by atoms with E-state index in [1.54, 1.807) is 6.92 Å². The molecular formula is C10H10NO4-. The number of carbonyl (C=O) groups is 1. The number of Topliss-reactive ketones (excluding diaryl/α,β-unsaturated/α-hetero) is 1. The quantitative estimate of drug-likeness (QED) is 0.427. The van der Waals surface area contributed by atoms with Gasteiger partial charge in [0.2, 0.25) is 0 Å². The molecule has 0 atom stereocenters. The third-order valence-corrected chi connectivity index (χ3v) is 2.11. The third-order valence-electron chi connectivity index (χ3n) is 2.11. The van der Waals surface area contributed by atoms with Gasteiger partial charge in [-0.15, -0.1) is 0 Å². The van der Waals surface area contributed by atoms with Crippen LogP contribution in [0.3, 0.4) is 0 Å². The molecule has 0 aliphatic carbocycles. The molecule has 0 saturated carbocycles. The van der Waals surface area contributed by atoms with E-state index in [1.807, 2.05) is 0 Å². The van der Waals surface area contributed by atoms with Crippen molar-refractivity contribution in [3.8, 4) is 5.75 Å². The molecule has 15 heavy (non-hydrogen) atoms. The van der Waals surface area contributed by atoms with Gasteiger partial charge in [0.05, 0.1) is 4.92 Å². The molecule has 0 spiro atoms. The number of carbonyl (C=O) groups excluding carboxylic acids is 1. The van der Waals surface area contributed by atoms with Crippen molar-refractivity contribution >= 4 is 11.5 Å². The van der Waals surface area contributed by atoms with Crippen LogP contribution in [0, 0.1) is 10.1 Å². The molecule has 1 aromatic rings. The summed E-state index contributed by atoms with van der Waals surface area (Å²) in [6, 6.07) is 2.63. The van der Waals surface area contributed by atoms with Gasteiger partial charge in [0.1, 0.15) is 0 Å². The lowest BCUT2D eigenvalue weighted by Gasteiger charge is -2.12. The van der Waals surface area contributed by atoms with Crippen molar-refractivity contribution in [2.75, 3.05) is 0 Å². The second-order valence-electron chi connectivity index (χ2n) is 3.16. The number of nitrogens with zero attached hydrogens (tertiary/aromatic N) is 1. The Morgan fingerprint density at radius 2 is 2.07 bits per heavy atom. The van der Waals surface area contributed by atoms with E-state index in [-0.39, 0.29) is 5.56 Å². The van der Waals surface area contributed by atoms with E-state index in [0.29, 0.717) is 12.0 Å². The van der Waals surface area contributed by atoms with Gasteiger partial charge in [-0.3, -0.25) is 14.9 Å². The van der Waals surface area contributed by atoms with Gasteiger partial charge in [-0.05, 0) is 30.7 Å². The minimum absolute atomic E-state index is 0.110. The van der Waals surface area contributed by atoms with E-state index in [9.17, 15) is 20.0 Å². The maximum absolute atomic E-state index is 11.5. The molecule has 1 rings (SSSR count). The molecular weight excluding hydrogens is 198 g/mol. The first-order valence-electron chi connectivity index (χ1n) is 4.46. The third kappa shape index (κ3) is 2.12. The molecule has 1 aromatic carbocycles. The summed E-state index contributed by atoms with van der Waals surface area (Å²) < 4.78 is 0. The fraction of sp³-hybridized carbons (Fsp3) is 0.300. The Balaban J connectivity index is 3.47. The Hall–Kier alpha value is -1.91. The molecule has 0 aliphatic rings. The molecule has 0 amide bonds. The van der Waals surface area contributed by atoms with E-state index in [4.69, 9.17) is 0 Å². The molecule has 0 fully saturated rings. The number of rotatable bonds is 3. The first-order valence-corrected chi connectivity index (χ1v) is 4.46. The molecule has 0 N–H and O–H groups in total. The van der Waals surface area contributed by atoms with Crippen LogP contribution in [0.1, 0.15) is 29.8 Å². The van der Waals surface area contributed by atoms with E-state index >= 15 is 0 Å². The number of aryl methyl sites for hydroxylation is 1. The van der Waals surface area contributed by atoms with Crippen molar-refractivity contribution < 1.29 is 14.8 Å². The Morgan fingerprint density at radius 3 is 2.47 bits per heavy atom. The number of nitro groups is 1. The lowest BCUT2D eigenvalue weighted by Crippen LogP contribution is -2.06. The molecule has 0 unspecified atom stereocenters. The largest absolute Gasteiger partial charge is 0.867 e. The Labute approximate surface area is 86.5 Å². The fourth-order valence-corrected chi connectivity index (χ4v) is 1.27. The van der Waals surface area contributed by atoms with Crippen LogP contribution in [0.2, 0.25) is 0 Å². The van der Waals surface area contributed by atoms with Crippen LogP contribution < -0.4 is 5.11 Å². The average Bonchev–Trinajstić information content (AvgIpc) is 2.17. The van der Waals surface area contributed by atoms with Crippen molar-refractivity contribution in [3.63, 3.8) is 0 Å². The van der Waals surface area contributed by atoms with Gasteiger partial charge in [-0.1, -0.05) is 6.92 Å². The van der Waals surface area contributed by atoms with Gasteiger partial charge in [0.25, 0.3) is 5.69 Å². The highest BCUT2D eigenvalue weighted by molar-refractivity contribution is 5.98. The summed E-state index contributed by atoms with van der Waals surface area (Å²) in [6.07, 6.45) is 0.543. The first kappa shape index (κ1) is 11.2. The monoisotopic (exact) mass is 208 g/mol. The van der Waals surface area contributed by atoms with E-state index in [2.05, 4.69) is 0 Å². The van der Waals surface area contributed by atoms with Crippen LogP contribution in [-0.4, -0.2) is 10.7 Å². The van der Waals surface area contributed by atoms with Gasteiger partial charge in [-0.25, -0.2) is 0 Å². The summed E-state index contributed by atoms with van der Waals surface area (Å²) in [5.41, 5.74) is -0.0212. The van der Waals surface area contributed by atoms with Crippen molar-refractivity contribution in [1.29, 1.82) is 0 Å². The van der Waals surface area contributed by atoms with Crippen molar-refractivity contribution in [2.45, 2.75) is 20.3 Å². The zero-order valence-corrected chi connectivity index (χ0v) is 8.44. The number of benzene rings is 1. The van der Waals surface area contributed by atoms with E-state index < -0.39 is 22.1 Å². The molecule has 0 aliphatic heterocycles. The first-order chi connectivity index (χ1) is 6.97. The lowest BCUT2D eigenvalue weighted by molar-refractivity contribution is -0.398. The number of nitro benzene ring substituents is 1. The van der Waals surface area contributed by atoms with Gasteiger partial charge >= 0.3 is 0 Å². The maximum atomic E-state index is 11.5. The molecule has 5 nitrogen and oxygen atoms in total. The second kappa shape index (κ2) is 4.08. The zero-order valence-electron chi connectivity index (χ0n) is 8.44. The summed E-state index contributed by atoms with van der Waals surface area (Å²) in [4.78, 5) is 20.9. The normalized spacial score (nSPS) is 10.0. The van der Waals surface area contributed by atoms with Gasteiger partial charge in [-0.2, -0.15) is 0 Å². The topological polar surface area (TPSA) is 83.3 Å². The maximum Gasteiger partial charge on any atom is 0.262 e. The summed E-state index contributed by atoms with van der Waals surface area (Å²) in [5, 5.41) is 22.0. The summed E-state index contributed by atoms with van der Waals surface area (Å²) in [5.74, 6) is -1.25. The summed E-state index contributed by atoms with van der Waals surface area (Å²) in [7, 11) is 0. The number of ketones is 1. The van der Waals surface area contributed by atoms with Crippen LogP contribution in [0.5, 0.6) is 5.75 Å². The van der Waals surface area contributed by atoms with Gasteiger partial charge in [0, 0.05) is 11.6 Å². The van der Waals surface area contributed by atoms with Crippen molar-refractivity contribution in [1.82, 2.24) is 0 Å². The van der Waals surface area contributed by atoms with E-state index in [0.717, 1.165) is 0 Å². The minimum Gasteiger partial charge on any atom is -0.867 e. The van der Waals surface area contributed by atoms with Crippen molar-refractivity contribution in [3.05, 3.63) is 33.4 Å². The Morgan fingerprint density at radius 1 is 1.47 bits per heavy atom. The number of hydrogen-bond acceptors (Lipinski definition) is 4.